The van der Waals surface area contributed by atoms with Crippen LogP contribution >= 0.6 is 0 Å². The Labute approximate surface area is 149 Å². The second-order valence-electron chi connectivity index (χ2n) is 5.90. The van der Waals surface area contributed by atoms with Crippen molar-refractivity contribution in [1.29, 1.82) is 5.26 Å². The molecule has 1 aliphatic rings. The Bertz CT molecular complexity index is 900. The number of nitrogens with zero attached hydrogens (tertiary/aromatic N) is 2. The minimum absolute atomic E-state index is 0.174. The smallest absolute Gasteiger partial charge is 0.348 e. The SMILES string of the molecule is CC1(C)OC(=O)C(=Cc2ccc(Oc3ccc(C#N)cn3)cc2)C(=O)O1. The summed E-state index contributed by atoms with van der Waals surface area (Å²) in [5.41, 5.74) is 0.870. The first-order chi connectivity index (χ1) is 12.4. The molecule has 1 fully saturated rings. The molecule has 0 unspecified atom stereocenters. The van der Waals surface area contributed by atoms with Gasteiger partial charge in [0.05, 0.1) is 5.56 Å². The third kappa shape index (κ3) is 3.87. The van der Waals surface area contributed by atoms with Crippen molar-refractivity contribution in [2.24, 2.45) is 0 Å². The normalized spacial score (nSPS) is 15.5. The number of nitriles is 1. The molecular formula is C19H14N2O5. The van der Waals surface area contributed by atoms with E-state index in [9.17, 15) is 9.59 Å². The minimum Gasteiger partial charge on any atom is -0.439 e. The first kappa shape index (κ1) is 17.2. The average Bonchev–Trinajstić information content (AvgIpc) is 2.59. The van der Waals surface area contributed by atoms with Gasteiger partial charge in [0, 0.05) is 26.1 Å². The van der Waals surface area contributed by atoms with E-state index in [0.717, 1.165) is 0 Å². The largest absolute Gasteiger partial charge is 0.439 e. The molecular weight excluding hydrogens is 336 g/mol. The fourth-order valence-electron chi connectivity index (χ4n) is 2.20. The zero-order valence-corrected chi connectivity index (χ0v) is 14.1. The van der Waals surface area contributed by atoms with Gasteiger partial charge in [0.2, 0.25) is 5.88 Å². The fourth-order valence-corrected chi connectivity index (χ4v) is 2.20. The standard InChI is InChI=1S/C19H14N2O5/c1-19(2)25-17(22)15(18(23)26-19)9-12-3-6-14(7-4-12)24-16-8-5-13(10-20)11-21-16/h3-9,11H,1-2H3. The Morgan fingerprint density at radius 1 is 1.08 bits per heavy atom. The predicted molar refractivity (Wildman–Crippen MR) is 89.7 cm³/mol. The van der Waals surface area contributed by atoms with Crippen molar-refractivity contribution in [2.75, 3.05) is 0 Å². The molecule has 0 radical (unpaired) electrons. The molecule has 26 heavy (non-hydrogen) atoms. The number of cyclic esters (lactones) is 2. The number of rotatable bonds is 3. The van der Waals surface area contributed by atoms with Crippen molar-refractivity contribution in [3.05, 3.63) is 59.3 Å². The van der Waals surface area contributed by atoms with Gasteiger partial charge in [0.15, 0.2) is 0 Å². The summed E-state index contributed by atoms with van der Waals surface area (Å²) in [7, 11) is 0. The molecule has 0 saturated carbocycles. The lowest BCUT2D eigenvalue weighted by molar-refractivity contribution is -0.222. The van der Waals surface area contributed by atoms with Gasteiger partial charge in [-0.25, -0.2) is 14.6 Å². The Morgan fingerprint density at radius 2 is 1.73 bits per heavy atom. The first-order valence-electron chi connectivity index (χ1n) is 7.69. The third-order valence-electron chi connectivity index (χ3n) is 3.40. The van der Waals surface area contributed by atoms with Gasteiger partial charge in [0.1, 0.15) is 17.4 Å². The predicted octanol–water partition coefficient (Wildman–Crippen LogP) is 2.97. The molecule has 0 bridgehead atoms. The van der Waals surface area contributed by atoms with E-state index >= 15 is 0 Å². The molecule has 2 heterocycles. The van der Waals surface area contributed by atoms with Gasteiger partial charge in [-0.15, -0.1) is 0 Å². The number of esters is 2. The lowest BCUT2D eigenvalue weighted by Crippen LogP contribution is -2.41. The average molecular weight is 350 g/mol. The maximum absolute atomic E-state index is 11.9. The number of ether oxygens (including phenoxy) is 3. The quantitative estimate of drug-likeness (QED) is 0.477. The molecule has 0 aliphatic carbocycles. The minimum atomic E-state index is -1.27. The van der Waals surface area contributed by atoms with Crippen molar-refractivity contribution >= 4 is 18.0 Å². The van der Waals surface area contributed by atoms with E-state index < -0.39 is 17.7 Å². The van der Waals surface area contributed by atoms with Crippen LogP contribution in [0.1, 0.15) is 25.0 Å². The van der Waals surface area contributed by atoms with Gasteiger partial charge in [-0.3, -0.25) is 0 Å². The van der Waals surface area contributed by atoms with Gasteiger partial charge in [0.25, 0.3) is 5.79 Å². The fraction of sp³-hybridized carbons (Fsp3) is 0.158. The van der Waals surface area contributed by atoms with Crippen LogP contribution in [-0.2, 0) is 19.1 Å². The van der Waals surface area contributed by atoms with E-state index in [1.54, 1.807) is 36.4 Å². The summed E-state index contributed by atoms with van der Waals surface area (Å²) in [6.07, 6.45) is 2.81. The number of hydrogen-bond acceptors (Lipinski definition) is 7. The summed E-state index contributed by atoms with van der Waals surface area (Å²) < 4.78 is 15.7. The molecule has 0 spiro atoms. The molecule has 7 heteroatoms. The van der Waals surface area contributed by atoms with Crippen LogP contribution in [0.5, 0.6) is 11.6 Å². The molecule has 2 aromatic rings. The summed E-state index contributed by atoms with van der Waals surface area (Å²) >= 11 is 0. The Hall–Kier alpha value is -3.66. The van der Waals surface area contributed by atoms with E-state index in [4.69, 9.17) is 19.5 Å². The van der Waals surface area contributed by atoms with Crippen LogP contribution in [0.2, 0.25) is 0 Å². The molecule has 0 amide bonds. The number of hydrogen-bond donors (Lipinski definition) is 0. The van der Waals surface area contributed by atoms with Gasteiger partial charge in [-0.05, 0) is 29.8 Å². The van der Waals surface area contributed by atoms with Crippen LogP contribution in [0.25, 0.3) is 6.08 Å². The van der Waals surface area contributed by atoms with E-state index in [1.807, 2.05) is 6.07 Å². The molecule has 1 saturated heterocycles. The van der Waals surface area contributed by atoms with Crippen LogP contribution in [0.3, 0.4) is 0 Å². The highest BCUT2D eigenvalue weighted by molar-refractivity contribution is 6.18. The monoisotopic (exact) mass is 350 g/mol. The van der Waals surface area contributed by atoms with Crippen LogP contribution in [-0.4, -0.2) is 22.7 Å². The van der Waals surface area contributed by atoms with E-state index in [0.29, 0.717) is 22.8 Å². The second kappa shape index (κ2) is 6.69. The van der Waals surface area contributed by atoms with Crippen molar-refractivity contribution in [1.82, 2.24) is 4.98 Å². The van der Waals surface area contributed by atoms with Gasteiger partial charge in [-0.1, -0.05) is 12.1 Å². The summed E-state index contributed by atoms with van der Waals surface area (Å²) in [4.78, 5) is 27.9. The lowest BCUT2D eigenvalue weighted by Gasteiger charge is -2.29. The van der Waals surface area contributed by atoms with Crippen LogP contribution in [0.15, 0.2) is 48.2 Å². The zero-order chi connectivity index (χ0) is 18.7. The molecule has 7 nitrogen and oxygen atoms in total. The Morgan fingerprint density at radius 3 is 2.27 bits per heavy atom. The summed E-state index contributed by atoms with van der Waals surface area (Å²) in [5, 5.41) is 8.75. The number of pyridine rings is 1. The Balaban J connectivity index is 1.74. The summed E-state index contributed by atoms with van der Waals surface area (Å²) in [5.74, 6) is -1.87. The van der Waals surface area contributed by atoms with Crippen LogP contribution < -0.4 is 4.74 Å². The van der Waals surface area contributed by atoms with Crippen molar-refractivity contribution < 1.29 is 23.8 Å². The highest BCUT2D eigenvalue weighted by atomic mass is 16.7. The van der Waals surface area contributed by atoms with Crippen molar-refractivity contribution in [3.8, 4) is 17.7 Å². The van der Waals surface area contributed by atoms with E-state index in [-0.39, 0.29) is 5.57 Å². The molecule has 130 valence electrons. The molecule has 0 N–H and O–H groups in total. The number of benzene rings is 1. The number of carbonyl (C=O) groups is 2. The molecule has 1 aliphatic heterocycles. The molecule has 1 aromatic heterocycles. The first-order valence-corrected chi connectivity index (χ1v) is 7.69. The maximum Gasteiger partial charge on any atom is 0.348 e. The highest BCUT2D eigenvalue weighted by Crippen LogP contribution is 2.25. The molecule has 0 atom stereocenters. The second-order valence-corrected chi connectivity index (χ2v) is 5.90. The summed E-state index contributed by atoms with van der Waals surface area (Å²) in [6, 6.07) is 11.8. The number of aromatic nitrogens is 1. The summed E-state index contributed by atoms with van der Waals surface area (Å²) in [6.45, 7) is 2.98. The highest BCUT2D eigenvalue weighted by Gasteiger charge is 2.38. The van der Waals surface area contributed by atoms with Gasteiger partial charge < -0.3 is 14.2 Å². The maximum atomic E-state index is 11.9. The molecule has 1 aromatic carbocycles. The van der Waals surface area contributed by atoms with E-state index in [1.165, 1.54) is 26.1 Å². The lowest BCUT2D eigenvalue weighted by atomic mass is 10.1. The van der Waals surface area contributed by atoms with Crippen molar-refractivity contribution in [3.63, 3.8) is 0 Å². The topological polar surface area (TPSA) is 98.5 Å². The zero-order valence-electron chi connectivity index (χ0n) is 14.1. The third-order valence-corrected chi connectivity index (χ3v) is 3.40. The molecule has 3 rings (SSSR count). The van der Waals surface area contributed by atoms with Gasteiger partial charge in [-0.2, -0.15) is 5.26 Å². The van der Waals surface area contributed by atoms with E-state index in [2.05, 4.69) is 4.98 Å². The van der Waals surface area contributed by atoms with Gasteiger partial charge >= 0.3 is 11.9 Å². The van der Waals surface area contributed by atoms with Crippen LogP contribution in [0, 0.1) is 11.3 Å². The number of carbonyl (C=O) groups excluding carboxylic acids is 2. The van der Waals surface area contributed by atoms with Crippen LogP contribution in [0.4, 0.5) is 0 Å². The Kier molecular flexibility index (Phi) is 4.42. The van der Waals surface area contributed by atoms with Crippen molar-refractivity contribution in [2.45, 2.75) is 19.6 Å².